The standard InChI is InChI=1S/C30H14N6/c31-15-19-7-5-8-20(16-32)27(19)35-25-13-3-1-11-23(25)29-30(35)24-12-2-4-14-26(24)36(29)28-21(17-33)9-6-10-22(28)18-34/h1-14H. The van der Waals surface area contributed by atoms with Crippen LogP contribution in [0.25, 0.3) is 44.2 Å². The molecule has 2 aromatic heterocycles. The van der Waals surface area contributed by atoms with Crippen molar-refractivity contribution in [1.82, 2.24) is 9.13 Å². The smallest absolute Gasteiger partial charge is 0.101 e. The summed E-state index contributed by atoms with van der Waals surface area (Å²) in [4.78, 5) is 0. The van der Waals surface area contributed by atoms with Crippen molar-refractivity contribution < 1.29 is 0 Å². The number of fused-ring (bicyclic) bond motifs is 5. The van der Waals surface area contributed by atoms with Gasteiger partial charge in [0, 0.05) is 10.8 Å². The van der Waals surface area contributed by atoms with Gasteiger partial charge in [-0.3, -0.25) is 0 Å². The lowest BCUT2D eigenvalue weighted by Gasteiger charge is -2.12. The Morgan fingerprint density at radius 2 is 0.750 bits per heavy atom. The summed E-state index contributed by atoms with van der Waals surface area (Å²) in [5.74, 6) is 0. The molecule has 0 radical (unpaired) electrons. The fourth-order valence-corrected chi connectivity index (χ4v) is 5.08. The number of hydrogen-bond donors (Lipinski definition) is 0. The normalized spacial score (nSPS) is 10.7. The predicted molar refractivity (Wildman–Crippen MR) is 136 cm³/mol. The van der Waals surface area contributed by atoms with Crippen molar-refractivity contribution >= 4 is 32.8 Å². The van der Waals surface area contributed by atoms with Crippen molar-refractivity contribution in [1.29, 1.82) is 21.0 Å². The Morgan fingerprint density at radius 1 is 0.417 bits per heavy atom. The molecule has 0 fully saturated rings. The molecule has 6 heteroatoms. The Labute approximate surface area is 205 Å². The largest absolute Gasteiger partial charge is 0.304 e. The lowest BCUT2D eigenvalue weighted by atomic mass is 10.1. The fraction of sp³-hybridized carbons (Fsp3) is 0. The molecule has 6 nitrogen and oxygen atoms in total. The molecule has 0 aliphatic rings. The second kappa shape index (κ2) is 7.89. The molecule has 2 heterocycles. The molecule has 36 heavy (non-hydrogen) atoms. The van der Waals surface area contributed by atoms with Gasteiger partial charge in [-0.25, -0.2) is 0 Å². The van der Waals surface area contributed by atoms with Crippen LogP contribution in [0.3, 0.4) is 0 Å². The zero-order chi connectivity index (χ0) is 24.8. The maximum atomic E-state index is 9.96. The van der Waals surface area contributed by atoms with E-state index in [4.69, 9.17) is 0 Å². The molecule has 0 amide bonds. The molecule has 0 aliphatic heterocycles. The zero-order valence-corrected chi connectivity index (χ0v) is 18.8. The van der Waals surface area contributed by atoms with E-state index in [1.54, 1.807) is 36.4 Å². The van der Waals surface area contributed by atoms with Crippen LogP contribution in [-0.2, 0) is 0 Å². The summed E-state index contributed by atoms with van der Waals surface area (Å²) in [5.41, 5.74) is 5.74. The first-order valence-corrected chi connectivity index (χ1v) is 11.1. The van der Waals surface area contributed by atoms with Gasteiger partial charge < -0.3 is 9.13 Å². The van der Waals surface area contributed by atoms with Crippen LogP contribution < -0.4 is 0 Å². The molecule has 0 saturated heterocycles. The monoisotopic (exact) mass is 458 g/mol. The van der Waals surface area contributed by atoms with Crippen molar-refractivity contribution in [2.75, 3.05) is 0 Å². The highest BCUT2D eigenvalue weighted by molar-refractivity contribution is 6.20. The first-order valence-electron chi connectivity index (χ1n) is 11.1. The van der Waals surface area contributed by atoms with Gasteiger partial charge in [-0.05, 0) is 36.4 Å². The van der Waals surface area contributed by atoms with Gasteiger partial charge in [-0.15, -0.1) is 0 Å². The maximum absolute atomic E-state index is 9.96. The van der Waals surface area contributed by atoms with Crippen LogP contribution in [-0.4, -0.2) is 9.13 Å². The van der Waals surface area contributed by atoms with Gasteiger partial charge in [0.05, 0.1) is 55.7 Å². The summed E-state index contributed by atoms with van der Waals surface area (Å²) in [7, 11) is 0. The number of aromatic nitrogens is 2. The van der Waals surface area contributed by atoms with E-state index in [0.29, 0.717) is 33.6 Å². The quantitative estimate of drug-likeness (QED) is 0.307. The van der Waals surface area contributed by atoms with Gasteiger partial charge >= 0.3 is 0 Å². The molecule has 164 valence electrons. The highest BCUT2D eigenvalue weighted by atomic mass is 15.1. The van der Waals surface area contributed by atoms with Crippen LogP contribution in [0.4, 0.5) is 0 Å². The number of nitriles is 4. The second-order valence-corrected chi connectivity index (χ2v) is 8.25. The average Bonchev–Trinajstić information content (AvgIpc) is 3.44. The lowest BCUT2D eigenvalue weighted by molar-refractivity contribution is 1.15. The number of nitrogens with zero attached hydrogens (tertiary/aromatic N) is 6. The minimum Gasteiger partial charge on any atom is -0.304 e. The Balaban J connectivity index is 1.96. The van der Waals surface area contributed by atoms with E-state index in [2.05, 4.69) is 24.3 Å². The first kappa shape index (κ1) is 20.8. The van der Waals surface area contributed by atoms with E-state index >= 15 is 0 Å². The molecule has 0 atom stereocenters. The van der Waals surface area contributed by atoms with Gasteiger partial charge in [0.1, 0.15) is 24.3 Å². The number of rotatable bonds is 2. The Bertz CT molecular complexity index is 1830. The number of hydrogen-bond acceptors (Lipinski definition) is 4. The summed E-state index contributed by atoms with van der Waals surface area (Å²) in [5, 5.41) is 41.6. The summed E-state index contributed by atoms with van der Waals surface area (Å²) >= 11 is 0. The summed E-state index contributed by atoms with van der Waals surface area (Å²) in [6.45, 7) is 0. The Hall–Kier alpha value is -5.82. The first-order chi connectivity index (χ1) is 17.7. The third-order valence-electron chi connectivity index (χ3n) is 6.47. The SMILES string of the molecule is N#Cc1cccc(C#N)c1-n1c2ccccc2c2c1c1ccccc1n2-c1c(C#N)cccc1C#N. The van der Waals surface area contributed by atoms with Crippen LogP contribution in [0.1, 0.15) is 22.3 Å². The van der Waals surface area contributed by atoms with Crippen LogP contribution >= 0.6 is 0 Å². The molecule has 0 aliphatic carbocycles. The molecule has 0 N–H and O–H groups in total. The van der Waals surface area contributed by atoms with Crippen molar-refractivity contribution in [3.8, 4) is 35.7 Å². The van der Waals surface area contributed by atoms with Crippen LogP contribution in [0.15, 0.2) is 84.9 Å². The third kappa shape index (κ3) is 2.68. The van der Waals surface area contributed by atoms with Crippen molar-refractivity contribution in [3.05, 3.63) is 107 Å². The minimum absolute atomic E-state index is 0.378. The summed E-state index contributed by atoms with van der Waals surface area (Å²) in [6, 6.07) is 34.7. The molecular formula is C30H14N6. The third-order valence-corrected chi connectivity index (χ3v) is 6.47. The molecular weight excluding hydrogens is 444 g/mol. The van der Waals surface area contributed by atoms with Gasteiger partial charge in [0.15, 0.2) is 0 Å². The summed E-state index contributed by atoms with van der Waals surface area (Å²) in [6.07, 6.45) is 0. The Morgan fingerprint density at radius 3 is 1.08 bits per heavy atom. The van der Waals surface area contributed by atoms with E-state index in [-0.39, 0.29) is 0 Å². The number of para-hydroxylation sites is 4. The lowest BCUT2D eigenvalue weighted by Crippen LogP contribution is -2.00. The maximum Gasteiger partial charge on any atom is 0.101 e. The Kier molecular flexibility index (Phi) is 4.55. The van der Waals surface area contributed by atoms with E-state index in [1.165, 1.54) is 0 Å². The van der Waals surface area contributed by atoms with Crippen LogP contribution in [0, 0.1) is 45.3 Å². The molecule has 6 aromatic rings. The molecule has 4 aromatic carbocycles. The van der Waals surface area contributed by atoms with Gasteiger partial charge in [0.2, 0.25) is 0 Å². The zero-order valence-electron chi connectivity index (χ0n) is 18.8. The highest BCUT2D eigenvalue weighted by Crippen LogP contribution is 2.42. The number of benzene rings is 4. The van der Waals surface area contributed by atoms with Crippen LogP contribution in [0.5, 0.6) is 0 Å². The fourth-order valence-electron chi connectivity index (χ4n) is 5.08. The van der Waals surface area contributed by atoms with Crippen molar-refractivity contribution in [3.63, 3.8) is 0 Å². The van der Waals surface area contributed by atoms with Crippen LogP contribution in [0.2, 0.25) is 0 Å². The van der Waals surface area contributed by atoms with E-state index in [0.717, 1.165) is 32.8 Å². The van der Waals surface area contributed by atoms with Crippen molar-refractivity contribution in [2.45, 2.75) is 0 Å². The molecule has 0 spiro atoms. The van der Waals surface area contributed by atoms with Gasteiger partial charge in [-0.2, -0.15) is 21.0 Å². The van der Waals surface area contributed by atoms with E-state index in [1.807, 2.05) is 57.7 Å². The van der Waals surface area contributed by atoms with Gasteiger partial charge in [0.25, 0.3) is 0 Å². The molecule has 6 rings (SSSR count). The topological polar surface area (TPSA) is 105 Å². The van der Waals surface area contributed by atoms with E-state index in [9.17, 15) is 21.0 Å². The van der Waals surface area contributed by atoms with Gasteiger partial charge in [-0.1, -0.05) is 48.5 Å². The molecule has 0 saturated carbocycles. The predicted octanol–water partition coefficient (Wildman–Crippen LogP) is 6.21. The molecule has 0 bridgehead atoms. The summed E-state index contributed by atoms with van der Waals surface area (Å²) < 4.78 is 3.92. The van der Waals surface area contributed by atoms with E-state index < -0.39 is 0 Å². The molecule has 0 unspecified atom stereocenters. The second-order valence-electron chi connectivity index (χ2n) is 8.25. The minimum atomic E-state index is 0.378. The highest BCUT2D eigenvalue weighted by Gasteiger charge is 2.26. The average molecular weight is 458 g/mol. The van der Waals surface area contributed by atoms with Crippen molar-refractivity contribution in [2.24, 2.45) is 0 Å².